The van der Waals surface area contributed by atoms with Crippen LogP contribution in [-0.2, 0) is 5.41 Å². The largest absolute Gasteiger partial charge is 0.493 e. The fraction of sp³-hybridized carbons (Fsp3) is 0.412. The van der Waals surface area contributed by atoms with Gasteiger partial charge in [-0.1, -0.05) is 20.8 Å². The number of nitrogens with zero attached hydrogens (tertiary/aromatic N) is 3. The maximum Gasteiger partial charge on any atom is 0.297 e. The van der Waals surface area contributed by atoms with E-state index in [4.69, 9.17) is 26.4 Å². The lowest BCUT2D eigenvalue weighted by atomic mass is 9.93. The van der Waals surface area contributed by atoms with E-state index in [-0.39, 0.29) is 10.3 Å². The second kappa shape index (κ2) is 7.69. The molecule has 2 rings (SSSR count). The summed E-state index contributed by atoms with van der Waals surface area (Å²) in [5.74, 6) is 1.44. The molecular weight excluding hydrogens is 356 g/mol. The van der Waals surface area contributed by atoms with Gasteiger partial charge >= 0.3 is 0 Å². The van der Waals surface area contributed by atoms with Crippen LogP contribution in [0, 0.1) is 4.77 Å². The summed E-state index contributed by atoms with van der Waals surface area (Å²) in [6.07, 6.45) is 1.49. The topological polar surface area (TPSA) is 90.7 Å². The number of aromatic amines is 1. The zero-order valence-electron chi connectivity index (χ0n) is 15.6. The summed E-state index contributed by atoms with van der Waals surface area (Å²) >= 11 is 5.14. The predicted molar refractivity (Wildman–Crippen MR) is 101 cm³/mol. The van der Waals surface area contributed by atoms with Crippen molar-refractivity contribution in [3.8, 4) is 17.2 Å². The third-order valence-electron chi connectivity index (χ3n) is 3.57. The Morgan fingerprint density at radius 1 is 1.15 bits per heavy atom. The first-order valence-corrected chi connectivity index (χ1v) is 8.20. The highest BCUT2D eigenvalue weighted by atomic mass is 32.1. The van der Waals surface area contributed by atoms with E-state index in [0.29, 0.717) is 28.5 Å². The molecule has 8 nitrogen and oxygen atoms in total. The quantitative estimate of drug-likeness (QED) is 0.635. The average molecular weight is 378 g/mol. The molecule has 9 heteroatoms. The van der Waals surface area contributed by atoms with Crippen LogP contribution < -0.4 is 19.8 Å². The number of ether oxygens (including phenoxy) is 3. The number of rotatable bonds is 5. The molecule has 0 radical (unpaired) electrons. The molecule has 0 amide bonds. The van der Waals surface area contributed by atoms with Crippen molar-refractivity contribution < 1.29 is 14.2 Å². The van der Waals surface area contributed by atoms with E-state index < -0.39 is 5.41 Å². The fourth-order valence-corrected chi connectivity index (χ4v) is 2.46. The third-order valence-corrected chi connectivity index (χ3v) is 3.83. The molecule has 140 valence electrons. The molecule has 1 aromatic carbocycles. The predicted octanol–water partition coefficient (Wildman–Crippen LogP) is 2.51. The highest BCUT2D eigenvalue weighted by Crippen LogP contribution is 2.37. The van der Waals surface area contributed by atoms with Crippen molar-refractivity contribution in [3.05, 3.63) is 38.5 Å². The Bertz CT molecular complexity index is 916. The average Bonchev–Trinajstić information content (AvgIpc) is 2.59. The molecule has 0 unspecified atom stereocenters. The van der Waals surface area contributed by atoms with Crippen LogP contribution in [0.4, 0.5) is 0 Å². The van der Waals surface area contributed by atoms with Crippen LogP contribution in [0.3, 0.4) is 0 Å². The van der Waals surface area contributed by atoms with Crippen molar-refractivity contribution >= 4 is 18.4 Å². The van der Waals surface area contributed by atoms with Crippen LogP contribution in [0.25, 0.3) is 0 Å². The van der Waals surface area contributed by atoms with Gasteiger partial charge in [-0.3, -0.25) is 9.89 Å². The monoisotopic (exact) mass is 378 g/mol. The molecule has 1 N–H and O–H groups in total. The third kappa shape index (κ3) is 3.93. The Morgan fingerprint density at radius 3 is 2.19 bits per heavy atom. The molecule has 0 spiro atoms. The number of aromatic nitrogens is 3. The number of hydrogen-bond donors (Lipinski definition) is 1. The number of hydrogen-bond acceptors (Lipinski definition) is 7. The van der Waals surface area contributed by atoms with E-state index in [1.54, 1.807) is 12.1 Å². The first-order valence-electron chi connectivity index (χ1n) is 7.79. The van der Waals surface area contributed by atoms with Crippen molar-refractivity contribution in [3.63, 3.8) is 0 Å². The lowest BCUT2D eigenvalue weighted by Crippen LogP contribution is -2.32. The minimum atomic E-state index is -0.444. The first-order chi connectivity index (χ1) is 12.2. The summed E-state index contributed by atoms with van der Waals surface area (Å²) in [6.45, 7) is 5.67. The Morgan fingerprint density at radius 2 is 1.73 bits per heavy atom. The van der Waals surface area contributed by atoms with Gasteiger partial charge in [-0.25, -0.2) is 0 Å². The molecule has 0 bridgehead atoms. The van der Waals surface area contributed by atoms with Gasteiger partial charge in [-0.15, -0.1) is 0 Å². The standard InChI is InChI=1S/C17H22N4O4S/c1-17(2,3)14-15(22)21(16(26)20-19-14)18-9-10-7-11(23-4)13(25-6)12(8-10)24-5/h7-9H,1-6H3,(H,20,26)/b18-9-. The fourth-order valence-electron chi connectivity index (χ4n) is 2.29. The molecule has 0 aliphatic rings. The lowest BCUT2D eigenvalue weighted by molar-refractivity contribution is 0.324. The van der Waals surface area contributed by atoms with E-state index in [0.717, 1.165) is 4.68 Å². The van der Waals surface area contributed by atoms with Crippen LogP contribution in [0.15, 0.2) is 22.0 Å². The van der Waals surface area contributed by atoms with Crippen LogP contribution >= 0.6 is 12.2 Å². The summed E-state index contributed by atoms with van der Waals surface area (Å²) in [4.78, 5) is 12.6. The van der Waals surface area contributed by atoms with Crippen molar-refractivity contribution in [1.29, 1.82) is 0 Å². The summed E-state index contributed by atoms with van der Waals surface area (Å²) in [5, 5.41) is 10.9. The number of benzene rings is 1. The molecule has 2 aromatic rings. The van der Waals surface area contributed by atoms with Gasteiger partial charge in [0.15, 0.2) is 11.5 Å². The summed E-state index contributed by atoms with van der Waals surface area (Å²) in [7, 11) is 4.58. The van der Waals surface area contributed by atoms with Gasteiger partial charge in [0.2, 0.25) is 10.5 Å². The van der Waals surface area contributed by atoms with Crippen LogP contribution in [0.1, 0.15) is 32.0 Å². The smallest absolute Gasteiger partial charge is 0.297 e. The van der Waals surface area contributed by atoms with Gasteiger partial charge in [0.05, 0.1) is 27.5 Å². The van der Waals surface area contributed by atoms with E-state index >= 15 is 0 Å². The van der Waals surface area contributed by atoms with Gasteiger partial charge in [-0.2, -0.15) is 14.9 Å². The zero-order valence-corrected chi connectivity index (χ0v) is 16.4. The maximum atomic E-state index is 12.6. The highest BCUT2D eigenvalue weighted by Gasteiger charge is 2.21. The second-order valence-corrected chi connectivity index (χ2v) is 6.83. The van der Waals surface area contributed by atoms with E-state index in [1.165, 1.54) is 27.5 Å². The van der Waals surface area contributed by atoms with Gasteiger partial charge in [0.25, 0.3) is 5.56 Å². The Balaban J connectivity index is 2.55. The first kappa shape index (κ1) is 19.6. The van der Waals surface area contributed by atoms with Crippen LogP contribution in [0.2, 0.25) is 0 Å². The van der Waals surface area contributed by atoms with Crippen molar-refractivity contribution in [2.24, 2.45) is 5.10 Å². The van der Waals surface area contributed by atoms with E-state index in [1.807, 2.05) is 20.8 Å². The van der Waals surface area contributed by atoms with Crippen molar-refractivity contribution in [2.75, 3.05) is 21.3 Å². The summed E-state index contributed by atoms with van der Waals surface area (Å²) < 4.78 is 17.1. The van der Waals surface area contributed by atoms with Gasteiger partial charge in [0.1, 0.15) is 5.69 Å². The van der Waals surface area contributed by atoms with Crippen LogP contribution in [-0.4, -0.2) is 42.4 Å². The maximum absolute atomic E-state index is 12.6. The minimum absolute atomic E-state index is 0.103. The SMILES string of the molecule is COc1cc(/C=N\n2c(=S)[nH]nc(C(C)(C)C)c2=O)cc(OC)c1OC. The van der Waals surface area contributed by atoms with Gasteiger partial charge in [0, 0.05) is 11.0 Å². The molecule has 0 saturated heterocycles. The molecule has 1 aromatic heterocycles. The van der Waals surface area contributed by atoms with E-state index in [2.05, 4.69) is 15.3 Å². The Labute approximate surface area is 156 Å². The molecule has 0 atom stereocenters. The zero-order chi connectivity index (χ0) is 19.5. The molecular formula is C17H22N4O4S. The number of nitrogens with one attached hydrogen (secondary N) is 1. The molecule has 0 aliphatic heterocycles. The Kier molecular flexibility index (Phi) is 5.81. The lowest BCUT2D eigenvalue weighted by Gasteiger charge is -2.16. The second-order valence-electron chi connectivity index (χ2n) is 6.45. The number of H-pyrrole nitrogens is 1. The Hall–Kier alpha value is -2.68. The molecule has 26 heavy (non-hydrogen) atoms. The van der Waals surface area contributed by atoms with Crippen LogP contribution in [0.5, 0.6) is 17.2 Å². The van der Waals surface area contributed by atoms with Crippen molar-refractivity contribution in [1.82, 2.24) is 14.9 Å². The summed E-state index contributed by atoms with van der Waals surface area (Å²) in [5.41, 5.74) is 0.175. The molecule has 1 heterocycles. The van der Waals surface area contributed by atoms with Gasteiger partial charge < -0.3 is 14.2 Å². The van der Waals surface area contributed by atoms with E-state index in [9.17, 15) is 4.79 Å². The molecule has 0 aliphatic carbocycles. The molecule has 0 saturated carbocycles. The number of methoxy groups -OCH3 is 3. The van der Waals surface area contributed by atoms with Crippen molar-refractivity contribution in [2.45, 2.75) is 26.2 Å². The van der Waals surface area contributed by atoms with Gasteiger partial charge in [-0.05, 0) is 24.4 Å². The highest BCUT2D eigenvalue weighted by molar-refractivity contribution is 7.71. The molecule has 0 fully saturated rings. The normalized spacial score (nSPS) is 11.6. The summed E-state index contributed by atoms with van der Waals surface area (Å²) in [6, 6.07) is 3.43. The minimum Gasteiger partial charge on any atom is -0.493 e.